The zero-order chi connectivity index (χ0) is 32.3. The van der Waals surface area contributed by atoms with Crippen LogP contribution in [0.25, 0.3) is 11.5 Å². The van der Waals surface area contributed by atoms with E-state index in [9.17, 15) is 33.1 Å². The number of thiol groups is 1. The predicted octanol–water partition coefficient (Wildman–Crippen LogP) is 2.96. The van der Waals surface area contributed by atoms with Gasteiger partial charge in [-0.25, -0.2) is 19.4 Å². The Labute approximate surface area is 255 Å². The first-order valence-electron chi connectivity index (χ1n) is 13.5. The van der Waals surface area contributed by atoms with Crippen molar-refractivity contribution in [3.63, 3.8) is 0 Å². The zero-order valence-corrected chi connectivity index (χ0v) is 24.8. The molecule has 17 heteroatoms. The normalized spacial score (nSPS) is 19.0. The average molecular weight is 643 g/mol. The summed E-state index contributed by atoms with van der Waals surface area (Å²) in [5, 5.41) is 10.8. The summed E-state index contributed by atoms with van der Waals surface area (Å²) in [6.45, 7) is -0.676. The number of carbonyl (C=O) groups is 4. The Morgan fingerprint density at radius 2 is 1.95 bits per heavy atom. The number of halogens is 2. The Morgan fingerprint density at radius 1 is 1.25 bits per heavy atom. The minimum absolute atomic E-state index is 0.0117. The van der Waals surface area contributed by atoms with Crippen LogP contribution >= 0.6 is 12.6 Å². The number of ether oxygens (including phenoxy) is 4. The molecule has 4 N–H and O–H groups in total. The first kappa shape index (κ1) is 32.8. The summed E-state index contributed by atoms with van der Waals surface area (Å²) < 4.78 is 51.8. The number of carbonyl (C=O) groups excluding carboxylic acids is 3. The van der Waals surface area contributed by atoms with Gasteiger partial charge in [0.05, 0.1) is 19.8 Å². The third-order valence-corrected chi connectivity index (χ3v) is 7.15. The number of amides is 2. The van der Waals surface area contributed by atoms with Crippen molar-refractivity contribution in [2.24, 2.45) is 11.7 Å². The molecule has 3 atom stereocenters. The highest BCUT2D eigenvalue weighted by Crippen LogP contribution is 2.38. The Bertz CT molecular complexity index is 1410. The molecule has 1 aliphatic carbocycles. The van der Waals surface area contributed by atoms with Gasteiger partial charge in [-0.05, 0) is 50.8 Å². The quantitative estimate of drug-likeness (QED) is 0.151. The van der Waals surface area contributed by atoms with Gasteiger partial charge in [0.1, 0.15) is 11.4 Å². The van der Waals surface area contributed by atoms with Gasteiger partial charge < -0.3 is 44.4 Å². The van der Waals surface area contributed by atoms with E-state index >= 15 is 0 Å². The number of likely N-dealkylation sites (tertiary alicyclic amines) is 1. The molecule has 2 amide bonds. The van der Waals surface area contributed by atoms with Crippen molar-refractivity contribution in [2.75, 3.05) is 20.3 Å². The second kappa shape index (κ2) is 13.3. The van der Waals surface area contributed by atoms with Crippen LogP contribution in [0.15, 0.2) is 22.6 Å². The fourth-order valence-electron chi connectivity index (χ4n) is 4.36. The van der Waals surface area contributed by atoms with E-state index in [2.05, 4.69) is 32.4 Å². The highest BCUT2D eigenvalue weighted by atomic mass is 32.1. The van der Waals surface area contributed by atoms with Crippen LogP contribution in [0.4, 0.5) is 13.6 Å². The van der Waals surface area contributed by atoms with Crippen LogP contribution in [-0.2, 0) is 19.1 Å². The first-order chi connectivity index (χ1) is 20.7. The van der Waals surface area contributed by atoms with Gasteiger partial charge in [-0.3, -0.25) is 4.79 Å². The molecule has 0 radical (unpaired) electrons. The minimum Gasteiger partial charge on any atom is -0.489 e. The number of hydrogen-bond acceptors (Lipinski definition) is 12. The number of nitrogens with zero attached hydrogens (tertiary/aromatic N) is 2. The number of hydrogen-bond donors (Lipinski definition) is 4. The SMILES string of the molecule is COC(=O)N[C@@H]1C[C@@H](C(=O)OC(C)(C)C(=O)O)N(C(=O)c2nc(-c3ccc(OC(F)F)c(OCC4CC4)c3)oc2[C@@H](N)S)C1. The molecule has 1 saturated heterocycles. The summed E-state index contributed by atoms with van der Waals surface area (Å²) in [6.07, 6.45) is 0.959. The lowest BCUT2D eigenvalue weighted by Gasteiger charge is -2.26. The molecule has 0 unspecified atom stereocenters. The highest BCUT2D eigenvalue weighted by molar-refractivity contribution is 7.80. The molecule has 1 aromatic carbocycles. The molecular formula is C27H32F2N4O10S. The molecule has 44 heavy (non-hydrogen) atoms. The lowest BCUT2D eigenvalue weighted by molar-refractivity contribution is -0.177. The molecular weight excluding hydrogens is 610 g/mol. The van der Waals surface area contributed by atoms with E-state index in [0.29, 0.717) is 5.92 Å². The lowest BCUT2D eigenvalue weighted by atomic mass is 10.1. The topological polar surface area (TPSA) is 193 Å². The van der Waals surface area contributed by atoms with Crippen molar-refractivity contribution in [2.45, 2.75) is 62.8 Å². The van der Waals surface area contributed by atoms with Crippen LogP contribution in [-0.4, -0.2) is 83.5 Å². The van der Waals surface area contributed by atoms with Crippen molar-refractivity contribution < 1.29 is 56.4 Å². The lowest BCUT2D eigenvalue weighted by Crippen LogP contribution is -2.46. The standard InChI is InChI=1S/C27H32F2N4O10S/c1-27(2,24(36)37)43-23(35)15-9-14(31-26(38)39-3)10-33(15)22(34)18-19(20(30)44)42-21(32-18)13-6-7-16(41-25(28)29)17(8-13)40-11-12-4-5-12/h6-8,12,14-15,20,25,44H,4-5,9-11,30H2,1-3H3,(H,31,38)(H,36,37)/t14-,15+,20+/m1/s1. The number of benzene rings is 1. The number of carboxylic acids is 1. The van der Waals surface area contributed by atoms with Crippen LogP contribution in [0.5, 0.6) is 11.5 Å². The first-order valence-corrected chi connectivity index (χ1v) is 14.0. The second-order valence-electron chi connectivity index (χ2n) is 10.7. The van der Waals surface area contributed by atoms with Gasteiger partial charge in [0.15, 0.2) is 23.0 Å². The Hall–Kier alpha value is -4.12. The Morgan fingerprint density at radius 3 is 2.55 bits per heavy atom. The molecule has 0 spiro atoms. The smallest absolute Gasteiger partial charge is 0.407 e. The summed E-state index contributed by atoms with van der Waals surface area (Å²) in [7, 11) is 1.14. The van der Waals surface area contributed by atoms with Crippen LogP contribution in [0.1, 0.15) is 54.7 Å². The fourth-order valence-corrected chi connectivity index (χ4v) is 4.54. The maximum Gasteiger partial charge on any atom is 0.407 e. The summed E-state index contributed by atoms with van der Waals surface area (Å²) in [5.74, 6) is -3.51. The van der Waals surface area contributed by atoms with E-state index < -0.39 is 53.6 Å². The van der Waals surface area contributed by atoms with Crippen LogP contribution in [0.3, 0.4) is 0 Å². The maximum atomic E-state index is 13.9. The molecule has 2 heterocycles. The Balaban J connectivity index is 1.67. The van der Waals surface area contributed by atoms with E-state index in [0.717, 1.165) is 24.9 Å². The molecule has 1 aliphatic heterocycles. The minimum atomic E-state index is -3.09. The number of aromatic nitrogens is 1. The molecule has 240 valence electrons. The third-order valence-electron chi connectivity index (χ3n) is 6.91. The number of methoxy groups -OCH3 is 1. The number of alkyl halides is 2. The van der Waals surface area contributed by atoms with E-state index in [1.165, 1.54) is 32.0 Å². The zero-order valence-electron chi connectivity index (χ0n) is 24.0. The maximum absolute atomic E-state index is 13.9. The third kappa shape index (κ3) is 7.68. The molecule has 0 bridgehead atoms. The van der Waals surface area contributed by atoms with Gasteiger partial charge in [0.25, 0.3) is 5.91 Å². The van der Waals surface area contributed by atoms with Gasteiger partial charge in [0.2, 0.25) is 11.5 Å². The van der Waals surface area contributed by atoms with Crippen molar-refractivity contribution in [3.8, 4) is 23.0 Å². The van der Waals surface area contributed by atoms with Crippen molar-refractivity contribution in [1.82, 2.24) is 15.2 Å². The average Bonchev–Trinajstić information content (AvgIpc) is 3.51. The number of nitrogens with two attached hydrogens (primary N) is 1. The Kier molecular flexibility index (Phi) is 9.88. The number of esters is 1. The van der Waals surface area contributed by atoms with E-state index in [4.69, 9.17) is 19.6 Å². The molecule has 4 rings (SSSR count). The van der Waals surface area contributed by atoms with Crippen LogP contribution < -0.4 is 20.5 Å². The van der Waals surface area contributed by atoms with Gasteiger partial charge in [0, 0.05) is 18.5 Å². The van der Waals surface area contributed by atoms with Crippen LogP contribution in [0, 0.1) is 5.92 Å². The van der Waals surface area contributed by atoms with E-state index in [1.54, 1.807) is 0 Å². The van der Waals surface area contributed by atoms with Gasteiger partial charge in [-0.2, -0.15) is 21.4 Å². The molecule has 2 fully saturated rings. The summed E-state index contributed by atoms with van der Waals surface area (Å²) in [6, 6.07) is 1.88. The van der Waals surface area contributed by atoms with Gasteiger partial charge >= 0.3 is 24.6 Å². The number of oxazole rings is 1. The number of rotatable bonds is 12. The molecule has 14 nitrogen and oxygen atoms in total. The largest absolute Gasteiger partial charge is 0.489 e. The van der Waals surface area contributed by atoms with E-state index in [1.807, 2.05) is 0 Å². The summed E-state index contributed by atoms with van der Waals surface area (Å²) in [4.78, 5) is 55.8. The number of carboxylic acid groups (broad SMARTS) is 1. The van der Waals surface area contributed by atoms with Crippen molar-refractivity contribution in [3.05, 3.63) is 29.7 Å². The number of nitrogens with one attached hydrogen (secondary N) is 1. The molecule has 2 aromatic rings. The van der Waals surface area contributed by atoms with Crippen molar-refractivity contribution in [1.29, 1.82) is 0 Å². The highest BCUT2D eigenvalue weighted by Gasteiger charge is 2.46. The summed E-state index contributed by atoms with van der Waals surface area (Å²) >= 11 is 4.19. The van der Waals surface area contributed by atoms with Crippen molar-refractivity contribution >= 4 is 36.6 Å². The molecule has 2 aliphatic rings. The van der Waals surface area contributed by atoms with Gasteiger partial charge in [-0.1, -0.05) is 0 Å². The molecule has 1 aromatic heterocycles. The van der Waals surface area contributed by atoms with E-state index in [-0.39, 0.29) is 54.0 Å². The van der Waals surface area contributed by atoms with Crippen LogP contribution in [0.2, 0.25) is 0 Å². The predicted molar refractivity (Wildman–Crippen MR) is 149 cm³/mol. The fraction of sp³-hybridized carbons (Fsp3) is 0.519. The monoisotopic (exact) mass is 642 g/mol. The number of alkyl carbamates (subject to hydrolysis) is 1. The summed E-state index contributed by atoms with van der Waals surface area (Å²) in [5.41, 5.74) is 3.95. The molecule has 1 saturated carbocycles. The second-order valence-corrected chi connectivity index (χ2v) is 11.3. The number of aliphatic carboxylic acids is 1. The van der Waals surface area contributed by atoms with Gasteiger partial charge in [-0.15, -0.1) is 0 Å².